The van der Waals surface area contributed by atoms with Crippen LogP contribution in [0.3, 0.4) is 0 Å². The van der Waals surface area contributed by atoms with E-state index in [1.54, 1.807) is 0 Å². The van der Waals surface area contributed by atoms with Crippen molar-refractivity contribution in [1.82, 2.24) is 10.0 Å². The Bertz CT molecular complexity index is 287. The molecule has 0 amide bonds. The van der Waals surface area contributed by atoms with Gasteiger partial charge in [-0.3, -0.25) is 0 Å². The van der Waals surface area contributed by atoms with Crippen LogP contribution in [0.1, 0.15) is 33.6 Å². The van der Waals surface area contributed by atoms with Crippen molar-refractivity contribution in [2.75, 3.05) is 18.8 Å². The van der Waals surface area contributed by atoms with Crippen molar-refractivity contribution in [3.63, 3.8) is 0 Å². The van der Waals surface area contributed by atoms with Crippen molar-refractivity contribution >= 4 is 10.0 Å². The summed E-state index contributed by atoms with van der Waals surface area (Å²) < 4.78 is 26.1. The largest absolute Gasteiger partial charge is 0.315 e. The van der Waals surface area contributed by atoms with Gasteiger partial charge in [-0.15, -0.1) is 0 Å². The Balaban J connectivity index is 2.38. The average Bonchev–Trinajstić information content (AvgIpc) is 2.52. The van der Waals surface area contributed by atoms with Gasteiger partial charge in [-0.2, -0.15) is 0 Å². The second kappa shape index (κ2) is 4.80. The fraction of sp³-hybridized carbons (Fsp3) is 1.00. The van der Waals surface area contributed by atoms with Gasteiger partial charge in [-0.25, -0.2) is 13.1 Å². The fourth-order valence-corrected chi connectivity index (χ4v) is 3.22. The van der Waals surface area contributed by atoms with Gasteiger partial charge in [0, 0.05) is 12.6 Å². The lowest BCUT2D eigenvalue weighted by atomic mass is 9.94. The standard InChI is InChI=1S/C10H22N2O2S/c1-10(2,3)5-7-15(13,14)12-9-4-6-11-8-9/h9,11-12H,4-8H2,1-3H3/t9-/m0/s1. The average molecular weight is 234 g/mol. The molecule has 2 N–H and O–H groups in total. The zero-order chi connectivity index (χ0) is 11.5. The number of sulfonamides is 1. The van der Waals surface area contributed by atoms with E-state index in [1.165, 1.54) is 0 Å². The Morgan fingerprint density at radius 2 is 2.07 bits per heavy atom. The molecule has 1 aliphatic rings. The highest BCUT2D eigenvalue weighted by atomic mass is 32.2. The van der Waals surface area contributed by atoms with Gasteiger partial charge in [0.15, 0.2) is 0 Å². The quantitative estimate of drug-likeness (QED) is 0.753. The molecule has 1 fully saturated rings. The first-order valence-corrected chi connectivity index (χ1v) is 7.14. The third-order valence-corrected chi connectivity index (χ3v) is 3.96. The third kappa shape index (κ3) is 5.49. The number of nitrogens with one attached hydrogen (secondary N) is 2. The molecule has 0 aromatic rings. The zero-order valence-electron chi connectivity index (χ0n) is 9.84. The predicted molar refractivity (Wildman–Crippen MR) is 62.3 cm³/mol. The SMILES string of the molecule is CC(C)(C)CCS(=O)(=O)N[C@H]1CCNC1. The van der Waals surface area contributed by atoms with Gasteiger partial charge in [-0.1, -0.05) is 20.8 Å². The van der Waals surface area contributed by atoms with Crippen LogP contribution in [0, 0.1) is 5.41 Å². The first kappa shape index (κ1) is 12.9. The van der Waals surface area contributed by atoms with E-state index in [4.69, 9.17) is 0 Å². The van der Waals surface area contributed by atoms with Crippen LogP contribution in [0.25, 0.3) is 0 Å². The molecule has 5 heteroatoms. The van der Waals surface area contributed by atoms with Crippen molar-refractivity contribution < 1.29 is 8.42 Å². The smallest absolute Gasteiger partial charge is 0.211 e. The summed E-state index contributed by atoms with van der Waals surface area (Å²) in [5.74, 6) is 0.229. The third-order valence-electron chi connectivity index (χ3n) is 2.53. The molecule has 1 atom stereocenters. The number of hydrogen-bond donors (Lipinski definition) is 2. The van der Waals surface area contributed by atoms with Crippen LogP contribution in [0.5, 0.6) is 0 Å². The summed E-state index contributed by atoms with van der Waals surface area (Å²) in [7, 11) is -3.09. The van der Waals surface area contributed by atoms with Gasteiger partial charge < -0.3 is 5.32 Å². The van der Waals surface area contributed by atoms with Crippen molar-refractivity contribution in [3.05, 3.63) is 0 Å². The Labute approximate surface area is 92.9 Å². The van der Waals surface area contributed by atoms with Gasteiger partial charge >= 0.3 is 0 Å². The maximum atomic E-state index is 11.7. The molecule has 90 valence electrons. The molecule has 0 aromatic carbocycles. The normalized spacial score (nSPS) is 23.3. The van der Waals surface area contributed by atoms with E-state index < -0.39 is 10.0 Å². The molecule has 0 aromatic heterocycles. The maximum absolute atomic E-state index is 11.7. The van der Waals surface area contributed by atoms with E-state index in [1.807, 2.05) is 0 Å². The van der Waals surface area contributed by atoms with E-state index in [2.05, 4.69) is 30.8 Å². The van der Waals surface area contributed by atoms with Gasteiger partial charge in [-0.05, 0) is 24.8 Å². The molecule has 4 nitrogen and oxygen atoms in total. The number of hydrogen-bond acceptors (Lipinski definition) is 3. The minimum atomic E-state index is -3.09. The highest BCUT2D eigenvalue weighted by Gasteiger charge is 2.22. The lowest BCUT2D eigenvalue weighted by Crippen LogP contribution is -2.38. The lowest BCUT2D eigenvalue weighted by molar-refractivity contribution is 0.395. The summed E-state index contributed by atoms with van der Waals surface area (Å²) in [6.07, 6.45) is 1.59. The maximum Gasteiger partial charge on any atom is 0.211 e. The molecule has 0 aliphatic carbocycles. The summed E-state index contributed by atoms with van der Waals surface area (Å²) in [5.41, 5.74) is 0.0721. The second-order valence-corrected chi connectivity index (χ2v) is 7.31. The molecule has 1 saturated heterocycles. The lowest BCUT2D eigenvalue weighted by Gasteiger charge is -2.19. The molecule has 0 bridgehead atoms. The summed E-state index contributed by atoms with van der Waals surface area (Å²) in [4.78, 5) is 0. The summed E-state index contributed by atoms with van der Waals surface area (Å²) in [5, 5.41) is 3.14. The molecule has 0 spiro atoms. The van der Waals surface area contributed by atoms with Crippen molar-refractivity contribution in [2.45, 2.75) is 39.7 Å². The van der Waals surface area contributed by atoms with Gasteiger partial charge in [0.1, 0.15) is 0 Å². The van der Waals surface area contributed by atoms with Gasteiger partial charge in [0.25, 0.3) is 0 Å². The molecule has 1 heterocycles. The molecular weight excluding hydrogens is 212 g/mol. The highest BCUT2D eigenvalue weighted by molar-refractivity contribution is 7.89. The monoisotopic (exact) mass is 234 g/mol. The molecule has 0 radical (unpaired) electrons. The molecule has 0 unspecified atom stereocenters. The zero-order valence-corrected chi connectivity index (χ0v) is 10.7. The first-order chi connectivity index (χ1) is 6.79. The molecule has 1 aliphatic heterocycles. The second-order valence-electron chi connectivity index (χ2n) is 5.44. The van der Waals surface area contributed by atoms with Crippen LogP contribution in [-0.2, 0) is 10.0 Å². The fourth-order valence-electron chi connectivity index (χ4n) is 1.51. The van der Waals surface area contributed by atoms with Crippen LogP contribution in [-0.4, -0.2) is 33.3 Å². The van der Waals surface area contributed by atoms with Crippen LogP contribution < -0.4 is 10.0 Å². The first-order valence-electron chi connectivity index (χ1n) is 5.49. The number of rotatable bonds is 4. The van der Waals surface area contributed by atoms with E-state index in [9.17, 15) is 8.42 Å². The summed E-state index contributed by atoms with van der Waals surface area (Å²) in [6, 6.07) is 0.0926. The van der Waals surface area contributed by atoms with Gasteiger partial charge in [0.05, 0.1) is 5.75 Å². The van der Waals surface area contributed by atoms with Crippen molar-refractivity contribution in [2.24, 2.45) is 5.41 Å². The molecular formula is C10H22N2O2S. The van der Waals surface area contributed by atoms with E-state index in [0.29, 0.717) is 6.42 Å². The van der Waals surface area contributed by atoms with E-state index in [-0.39, 0.29) is 17.2 Å². The summed E-state index contributed by atoms with van der Waals surface area (Å²) in [6.45, 7) is 7.83. The van der Waals surface area contributed by atoms with Crippen LogP contribution in [0.15, 0.2) is 0 Å². The van der Waals surface area contributed by atoms with Crippen molar-refractivity contribution in [3.8, 4) is 0 Å². The van der Waals surface area contributed by atoms with Crippen LogP contribution in [0.2, 0.25) is 0 Å². The topological polar surface area (TPSA) is 58.2 Å². The molecule has 0 saturated carbocycles. The Hall–Kier alpha value is -0.130. The Morgan fingerprint density at radius 1 is 1.40 bits per heavy atom. The van der Waals surface area contributed by atoms with Crippen LogP contribution in [0.4, 0.5) is 0 Å². The van der Waals surface area contributed by atoms with Crippen molar-refractivity contribution in [1.29, 1.82) is 0 Å². The molecule has 15 heavy (non-hydrogen) atoms. The minimum absolute atomic E-state index is 0.0721. The minimum Gasteiger partial charge on any atom is -0.315 e. The summed E-state index contributed by atoms with van der Waals surface area (Å²) >= 11 is 0. The highest BCUT2D eigenvalue weighted by Crippen LogP contribution is 2.19. The molecule has 1 rings (SSSR count). The van der Waals surface area contributed by atoms with E-state index >= 15 is 0 Å². The Morgan fingerprint density at radius 3 is 2.53 bits per heavy atom. The van der Waals surface area contributed by atoms with E-state index in [0.717, 1.165) is 19.5 Å². The van der Waals surface area contributed by atoms with Gasteiger partial charge in [0.2, 0.25) is 10.0 Å². The van der Waals surface area contributed by atoms with Crippen LogP contribution >= 0.6 is 0 Å². The predicted octanol–water partition coefficient (Wildman–Crippen LogP) is 0.704. The Kier molecular flexibility index (Phi) is 4.14.